The van der Waals surface area contributed by atoms with Crippen molar-refractivity contribution < 1.29 is 19.1 Å². The first-order valence-electron chi connectivity index (χ1n) is 12.3. The van der Waals surface area contributed by atoms with Gasteiger partial charge in [0, 0.05) is 57.1 Å². The van der Waals surface area contributed by atoms with Gasteiger partial charge in [0.05, 0.1) is 11.3 Å². The first kappa shape index (κ1) is 25.1. The lowest BCUT2D eigenvalue weighted by Crippen LogP contribution is -2.42. The molecule has 2 fully saturated rings. The van der Waals surface area contributed by atoms with Crippen LogP contribution in [0, 0.1) is 11.3 Å². The number of nitriles is 1. The minimum absolute atomic E-state index is 0.316. The number of urea groups is 1. The topological polar surface area (TPSA) is 136 Å². The SMILES string of the molecule is CN1CCN(Cc2ccc(N(C)C(=O)Nc3cc(NC4CC4)c(C#N)cn3)nc2C2OC=CO2)C(=C=O)C1. The van der Waals surface area contributed by atoms with Crippen LogP contribution in [0.25, 0.3) is 0 Å². The zero-order valence-electron chi connectivity index (χ0n) is 21.2. The molecule has 12 nitrogen and oxygen atoms in total. The van der Waals surface area contributed by atoms with E-state index in [1.807, 2.05) is 18.0 Å². The smallest absolute Gasteiger partial charge is 0.328 e. The zero-order valence-corrected chi connectivity index (χ0v) is 21.2. The van der Waals surface area contributed by atoms with E-state index in [1.165, 1.54) is 23.6 Å². The Bertz CT molecular complexity index is 1340. The van der Waals surface area contributed by atoms with Gasteiger partial charge in [-0.3, -0.25) is 15.1 Å². The number of likely N-dealkylation sites (N-methyl/N-ethyl adjacent to an activating group) is 1. The summed E-state index contributed by atoms with van der Waals surface area (Å²) in [5.41, 5.74) is 2.94. The van der Waals surface area contributed by atoms with E-state index in [4.69, 9.17) is 14.5 Å². The molecule has 0 bridgehead atoms. The summed E-state index contributed by atoms with van der Waals surface area (Å²) >= 11 is 0. The second-order valence-corrected chi connectivity index (χ2v) is 9.43. The highest BCUT2D eigenvalue weighted by molar-refractivity contribution is 6.00. The van der Waals surface area contributed by atoms with E-state index in [-0.39, 0.29) is 0 Å². The van der Waals surface area contributed by atoms with E-state index in [2.05, 4.69) is 32.5 Å². The Morgan fingerprint density at radius 3 is 2.76 bits per heavy atom. The largest absolute Gasteiger partial charge is 0.454 e. The van der Waals surface area contributed by atoms with E-state index in [0.717, 1.165) is 24.9 Å². The van der Waals surface area contributed by atoms with Crippen LogP contribution < -0.4 is 15.5 Å². The number of aromatic nitrogens is 2. The average Bonchev–Trinajstić information content (AvgIpc) is 3.57. The zero-order chi connectivity index (χ0) is 26.6. The predicted molar refractivity (Wildman–Crippen MR) is 138 cm³/mol. The summed E-state index contributed by atoms with van der Waals surface area (Å²) in [7, 11) is 3.55. The molecule has 2 aliphatic heterocycles. The van der Waals surface area contributed by atoms with Gasteiger partial charge in [0.25, 0.3) is 6.29 Å². The monoisotopic (exact) mass is 516 g/mol. The maximum absolute atomic E-state index is 13.1. The number of nitrogens with one attached hydrogen (secondary N) is 2. The third kappa shape index (κ3) is 5.54. The molecular formula is C26H28N8O4. The molecule has 4 heterocycles. The lowest BCUT2D eigenvalue weighted by Gasteiger charge is -2.34. The second kappa shape index (κ2) is 10.8. The summed E-state index contributed by atoms with van der Waals surface area (Å²) < 4.78 is 11.1. The number of nitrogens with zero attached hydrogens (tertiary/aromatic N) is 6. The van der Waals surface area contributed by atoms with Gasteiger partial charge in [-0.1, -0.05) is 6.07 Å². The molecule has 1 saturated heterocycles. The highest BCUT2D eigenvalue weighted by Gasteiger charge is 2.27. The lowest BCUT2D eigenvalue weighted by atomic mass is 10.1. The number of carbonyl (C=O) groups excluding carboxylic acids is 2. The van der Waals surface area contributed by atoms with Crippen LogP contribution in [0.15, 0.2) is 42.6 Å². The van der Waals surface area contributed by atoms with Gasteiger partial charge in [0.1, 0.15) is 47.6 Å². The van der Waals surface area contributed by atoms with Crippen molar-refractivity contribution in [2.75, 3.05) is 49.3 Å². The number of hydrogen-bond donors (Lipinski definition) is 2. The van der Waals surface area contributed by atoms with E-state index in [1.54, 1.807) is 19.2 Å². The number of ether oxygens (including phenoxy) is 2. The minimum atomic E-state index is -0.770. The Kier molecular flexibility index (Phi) is 7.13. The molecule has 1 saturated carbocycles. The van der Waals surface area contributed by atoms with Gasteiger partial charge in [0.2, 0.25) is 0 Å². The number of carbonyl (C=O) groups is 1. The normalized spacial score (nSPS) is 17.3. The third-order valence-electron chi connectivity index (χ3n) is 6.56. The molecule has 2 N–H and O–H groups in total. The standard InChI is InChI=1S/C26H28N8O4/c1-32-7-8-34(20(15-32)16-35)14-17-3-6-23(31-24(17)25-37-9-10-38-25)33(2)26(36)30-22-11-21(29-19-4-5-19)18(12-27)13-28-22/h3,6,9-11,13,19,25H,4-5,7-8,14-15H2,1-2H3,(H2,28,29,30,36). The molecule has 0 radical (unpaired) electrons. The van der Waals surface area contributed by atoms with Gasteiger partial charge < -0.3 is 19.7 Å². The fourth-order valence-corrected chi connectivity index (χ4v) is 4.20. The number of anilines is 3. The molecule has 0 unspecified atom stereocenters. The van der Waals surface area contributed by atoms with Gasteiger partial charge in [-0.25, -0.2) is 19.6 Å². The summed E-state index contributed by atoms with van der Waals surface area (Å²) in [6.45, 7) is 2.43. The van der Waals surface area contributed by atoms with E-state index < -0.39 is 12.3 Å². The van der Waals surface area contributed by atoms with Gasteiger partial charge in [0.15, 0.2) is 0 Å². The molecule has 196 valence electrons. The molecule has 12 heteroatoms. The highest BCUT2D eigenvalue weighted by atomic mass is 16.7. The van der Waals surface area contributed by atoms with Crippen molar-refractivity contribution in [3.8, 4) is 6.07 Å². The van der Waals surface area contributed by atoms with Crippen LogP contribution in [0.5, 0.6) is 0 Å². The fraction of sp³-hybridized carbons (Fsp3) is 0.385. The van der Waals surface area contributed by atoms with Gasteiger partial charge >= 0.3 is 6.03 Å². The molecule has 1 aliphatic carbocycles. The quantitative estimate of drug-likeness (QED) is 0.529. The highest BCUT2D eigenvalue weighted by Crippen LogP contribution is 2.30. The summed E-state index contributed by atoms with van der Waals surface area (Å²) in [6, 6.07) is 7.24. The molecule has 38 heavy (non-hydrogen) atoms. The Balaban J connectivity index is 1.34. The number of pyridine rings is 2. The second-order valence-electron chi connectivity index (χ2n) is 9.43. The first-order chi connectivity index (χ1) is 18.4. The van der Waals surface area contributed by atoms with Gasteiger partial charge in [-0.2, -0.15) is 5.26 Å². The molecule has 2 aromatic heterocycles. The first-order valence-corrected chi connectivity index (χ1v) is 12.3. The van der Waals surface area contributed by atoms with Crippen molar-refractivity contribution in [2.45, 2.75) is 31.7 Å². The van der Waals surface area contributed by atoms with Gasteiger partial charge in [-0.15, -0.1) is 0 Å². The van der Waals surface area contributed by atoms with Crippen molar-refractivity contribution in [3.63, 3.8) is 0 Å². The molecule has 2 amide bonds. The average molecular weight is 517 g/mol. The maximum atomic E-state index is 13.1. The fourth-order valence-electron chi connectivity index (χ4n) is 4.20. The molecule has 3 aliphatic rings. The molecule has 0 aromatic carbocycles. The van der Waals surface area contributed by atoms with Crippen molar-refractivity contribution in [1.29, 1.82) is 5.26 Å². The Hall–Kier alpha value is -4.59. The van der Waals surface area contributed by atoms with E-state index >= 15 is 0 Å². The van der Waals surface area contributed by atoms with Gasteiger partial charge in [-0.05, 0) is 26.0 Å². The molecule has 2 aromatic rings. The Labute approximate surface area is 220 Å². The molecule has 5 rings (SSSR count). The summed E-state index contributed by atoms with van der Waals surface area (Å²) in [5.74, 6) is 2.74. The van der Waals surface area contributed by atoms with Crippen LogP contribution in [0.3, 0.4) is 0 Å². The predicted octanol–water partition coefficient (Wildman–Crippen LogP) is 2.57. The van der Waals surface area contributed by atoms with Crippen LogP contribution in [0.1, 0.15) is 36.0 Å². The summed E-state index contributed by atoms with van der Waals surface area (Å²) in [5, 5.41) is 15.4. The molecule has 0 atom stereocenters. The van der Waals surface area contributed by atoms with E-state index in [9.17, 15) is 14.9 Å². The summed E-state index contributed by atoms with van der Waals surface area (Å²) in [4.78, 5) is 38.9. The maximum Gasteiger partial charge on any atom is 0.328 e. The lowest BCUT2D eigenvalue weighted by molar-refractivity contribution is -0.0289. The van der Waals surface area contributed by atoms with Crippen LogP contribution >= 0.6 is 0 Å². The molecule has 0 spiro atoms. The van der Waals surface area contributed by atoms with Crippen LogP contribution in [-0.2, 0) is 20.8 Å². The van der Waals surface area contributed by atoms with E-state index in [0.29, 0.717) is 60.0 Å². The number of rotatable bonds is 7. The van der Waals surface area contributed by atoms with Crippen molar-refractivity contribution in [1.82, 2.24) is 19.8 Å². The van der Waals surface area contributed by atoms with Crippen molar-refractivity contribution in [2.24, 2.45) is 0 Å². The number of amides is 2. The van der Waals surface area contributed by atoms with Crippen molar-refractivity contribution >= 4 is 29.3 Å². The third-order valence-corrected chi connectivity index (χ3v) is 6.56. The van der Waals surface area contributed by atoms with Crippen molar-refractivity contribution in [3.05, 3.63) is 59.4 Å². The Morgan fingerprint density at radius 2 is 2.05 bits per heavy atom. The van der Waals surface area contributed by atoms with Crippen LogP contribution in [0.2, 0.25) is 0 Å². The van der Waals surface area contributed by atoms with Crippen LogP contribution in [0.4, 0.5) is 22.1 Å². The summed E-state index contributed by atoms with van der Waals surface area (Å²) in [6.07, 6.45) is 5.65. The Morgan fingerprint density at radius 1 is 1.26 bits per heavy atom. The number of hydrogen-bond acceptors (Lipinski definition) is 10. The van der Waals surface area contributed by atoms with Crippen LogP contribution in [-0.4, -0.2) is 71.5 Å². The minimum Gasteiger partial charge on any atom is -0.454 e. The number of piperazine rings is 1. The molecular weight excluding hydrogens is 488 g/mol.